The molecule has 0 aliphatic rings. The van der Waals surface area contributed by atoms with Gasteiger partial charge in [0.2, 0.25) is 0 Å². The predicted octanol–water partition coefficient (Wildman–Crippen LogP) is 3.22. The van der Waals surface area contributed by atoms with E-state index in [9.17, 15) is 16.8 Å². The lowest BCUT2D eigenvalue weighted by Crippen LogP contribution is -2.24. The monoisotopic (exact) mass is 486 g/mol. The molecule has 2 aromatic rings. The molecule has 0 aromatic heterocycles. The molecule has 32 heavy (non-hydrogen) atoms. The summed E-state index contributed by atoms with van der Waals surface area (Å²) in [5.41, 5.74) is 1.90. The van der Waals surface area contributed by atoms with Gasteiger partial charge in [-0.05, 0) is 52.0 Å². The zero-order chi connectivity index (χ0) is 23.8. The molecule has 0 aliphatic heterocycles. The topological polar surface area (TPSA) is 105 Å². The molecule has 0 aliphatic carbocycles. The highest BCUT2D eigenvalue weighted by molar-refractivity contribution is 7.87. The second-order valence-electron chi connectivity index (χ2n) is 7.47. The van der Waals surface area contributed by atoms with Crippen LogP contribution in [0, 0.1) is 13.8 Å². The third-order valence-corrected chi connectivity index (χ3v) is 7.01. The third-order valence-electron chi connectivity index (χ3n) is 4.42. The van der Waals surface area contributed by atoms with E-state index in [0.29, 0.717) is 0 Å². The summed E-state index contributed by atoms with van der Waals surface area (Å²) < 4.78 is 69.8. The van der Waals surface area contributed by atoms with Crippen LogP contribution < -0.4 is 0 Å². The van der Waals surface area contributed by atoms with Crippen LogP contribution in [0.3, 0.4) is 0 Å². The van der Waals surface area contributed by atoms with E-state index in [0.717, 1.165) is 11.1 Å². The van der Waals surface area contributed by atoms with Gasteiger partial charge in [-0.2, -0.15) is 16.8 Å². The van der Waals surface area contributed by atoms with Crippen molar-refractivity contribution in [3.8, 4) is 0 Å². The lowest BCUT2D eigenvalue weighted by molar-refractivity contribution is -0.0324. The fraction of sp³-hybridized carbons (Fsp3) is 0.455. The Labute approximate surface area is 190 Å². The Balaban J connectivity index is 1.66. The normalized spacial score (nSPS) is 14.2. The summed E-state index contributed by atoms with van der Waals surface area (Å²) in [6, 6.07) is 12.8. The molecule has 178 valence electrons. The zero-order valence-corrected chi connectivity index (χ0v) is 20.3. The van der Waals surface area contributed by atoms with Gasteiger partial charge in [0.05, 0.1) is 48.4 Å². The van der Waals surface area contributed by atoms with Crippen LogP contribution in [0.4, 0.5) is 0 Å². The standard InChI is InChI=1S/C22H30O8S2/c1-17-5-9-21(10-6-17)31(23,24)29-15-19(3)27-13-14-28-20(4)16-30-32(25,26)22-11-7-18(2)8-12-22/h5-12,19-20H,13-16H2,1-4H3/t19-,20-/m1/s1. The van der Waals surface area contributed by atoms with Gasteiger partial charge >= 0.3 is 0 Å². The first-order valence-electron chi connectivity index (χ1n) is 10.1. The minimum Gasteiger partial charge on any atom is -0.374 e. The van der Waals surface area contributed by atoms with Gasteiger partial charge in [0.25, 0.3) is 20.2 Å². The maximum Gasteiger partial charge on any atom is 0.297 e. The van der Waals surface area contributed by atoms with Crippen molar-refractivity contribution in [3.05, 3.63) is 59.7 Å². The molecule has 0 amide bonds. The van der Waals surface area contributed by atoms with E-state index in [1.165, 1.54) is 24.3 Å². The first-order chi connectivity index (χ1) is 15.0. The van der Waals surface area contributed by atoms with Gasteiger partial charge in [-0.3, -0.25) is 8.37 Å². The highest BCUT2D eigenvalue weighted by Gasteiger charge is 2.18. The van der Waals surface area contributed by atoms with Gasteiger partial charge in [-0.15, -0.1) is 0 Å². The minimum atomic E-state index is -3.85. The molecular formula is C22H30O8S2. The molecular weight excluding hydrogens is 456 g/mol. The highest BCUT2D eigenvalue weighted by atomic mass is 32.2. The predicted molar refractivity (Wildman–Crippen MR) is 119 cm³/mol. The number of ether oxygens (including phenoxy) is 2. The summed E-state index contributed by atoms with van der Waals surface area (Å²) >= 11 is 0. The number of aryl methyl sites for hydroxylation is 2. The summed E-state index contributed by atoms with van der Waals surface area (Å²) in [6.45, 7) is 7.20. The quantitative estimate of drug-likeness (QED) is 0.314. The van der Waals surface area contributed by atoms with Gasteiger partial charge in [0.15, 0.2) is 0 Å². The third kappa shape index (κ3) is 8.61. The van der Waals surface area contributed by atoms with Crippen LogP contribution in [0.15, 0.2) is 58.3 Å². The van der Waals surface area contributed by atoms with Crippen molar-refractivity contribution < 1.29 is 34.7 Å². The molecule has 8 nitrogen and oxygen atoms in total. The van der Waals surface area contributed by atoms with Crippen LogP contribution in [0.2, 0.25) is 0 Å². The fourth-order valence-electron chi connectivity index (χ4n) is 2.51. The highest BCUT2D eigenvalue weighted by Crippen LogP contribution is 2.15. The second kappa shape index (κ2) is 11.9. The summed E-state index contributed by atoms with van der Waals surface area (Å²) in [4.78, 5) is 0.182. The zero-order valence-electron chi connectivity index (χ0n) is 18.7. The minimum absolute atomic E-state index is 0.0908. The van der Waals surface area contributed by atoms with Crippen LogP contribution in [-0.2, 0) is 38.1 Å². The average molecular weight is 487 g/mol. The molecule has 2 atom stereocenters. The Hall–Kier alpha value is -1.82. The Bertz CT molecular complexity index is 959. The molecule has 0 unspecified atom stereocenters. The molecule has 0 heterocycles. The van der Waals surface area contributed by atoms with Crippen molar-refractivity contribution in [2.45, 2.75) is 49.7 Å². The van der Waals surface area contributed by atoms with E-state index in [1.807, 2.05) is 13.8 Å². The first kappa shape index (κ1) is 26.4. The fourth-order valence-corrected chi connectivity index (χ4v) is 4.46. The Morgan fingerprint density at radius 2 is 0.938 bits per heavy atom. The Morgan fingerprint density at radius 3 is 1.25 bits per heavy atom. The van der Waals surface area contributed by atoms with Gasteiger partial charge in [0.1, 0.15) is 0 Å². The Morgan fingerprint density at radius 1 is 0.625 bits per heavy atom. The van der Waals surface area contributed by atoms with Crippen LogP contribution in [-0.4, -0.2) is 55.5 Å². The van der Waals surface area contributed by atoms with Crippen molar-refractivity contribution in [1.29, 1.82) is 0 Å². The smallest absolute Gasteiger partial charge is 0.297 e. The summed E-state index contributed by atoms with van der Waals surface area (Å²) in [5.74, 6) is 0. The summed E-state index contributed by atoms with van der Waals surface area (Å²) in [7, 11) is -7.70. The largest absolute Gasteiger partial charge is 0.374 e. The van der Waals surface area contributed by atoms with E-state index >= 15 is 0 Å². The van der Waals surface area contributed by atoms with Crippen LogP contribution in [0.1, 0.15) is 25.0 Å². The summed E-state index contributed by atoms with van der Waals surface area (Å²) in [6.07, 6.45) is -0.959. The number of rotatable bonds is 13. The molecule has 0 fully saturated rings. The molecule has 0 saturated carbocycles. The van der Waals surface area contributed by atoms with Crippen molar-refractivity contribution in [3.63, 3.8) is 0 Å². The van der Waals surface area contributed by atoms with E-state index < -0.39 is 32.4 Å². The lowest BCUT2D eigenvalue weighted by atomic mass is 10.2. The molecule has 2 aromatic carbocycles. The molecule has 0 saturated heterocycles. The molecule has 0 spiro atoms. The van der Waals surface area contributed by atoms with E-state index in [4.69, 9.17) is 17.8 Å². The van der Waals surface area contributed by atoms with Crippen LogP contribution >= 0.6 is 0 Å². The van der Waals surface area contributed by atoms with Gasteiger partial charge in [-0.1, -0.05) is 35.4 Å². The van der Waals surface area contributed by atoms with E-state index in [2.05, 4.69) is 0 Å². The SMILES string of the molecule is Cc1ccc(S(=O)(=O)OC[C@@H](C)OCCO[C@H](C)COS(=O)(=O)c2ccc(C)cc2)cc1. The summed E-state index contributed by atoms with van der Waals surface area (Å²) in [5, 5.41) is 0. The second-order valence-corrected chi connectivity index (χ2v) is 10.7. The van der Waals surface area contributed by atoms with Crippen molar-refractivity contribution in [2.75, 3.05) is 26.4 Å². The number of hydrogen-bond donors (Lipinski definition) is 0. The first-order valence-corrected chi connectivity index (χ1v) is 13.0. The van der Waals surface area contributed by atoms with Crippen molar-refractivity contribution >= 4 is 20.2 Å². The van der Waals surface area contributed by atoms with E-state index in [1.54, 1.807) is 38.1 Å². The van der Waals surface area contributed by atoms with Gasteiger partial charge < -0.3 is 9.47 Å². The van der Waals surface area contributed by atoms with Crippen molar-refractivity contribution in [1.82, 2.24) is 0 Å². The van der Waals surface area contributed by atoms with Crippen LogP contribution in [0.5, 0.6) is 0 Å². The van der Waals surface area contributed by atoms with E-state index in [-0.39, 0.29) is 36.2 Å². The van der Waals surface area contributed by atoms with Gasteiger partial charge in [-0.25, -0.2) is 0 Å². The maximum absolute atomic E-state index is 12.2. The molecule has 2 rings (SSSR count). The van der Waals surface area contributed by atoms with Crippen molar-refractivity contribution in [2.24, 2.45) is 0 Å². The number of hydrogen-bond acceptors (Lipinski definition) is 8. The number of benzene rings is 2. The Kier molecular flexibility index (Phi) is 9.81. The lowest BCUT2D eigenvalue weighted by Gasteiger charge is -2.16. The average Bonchev–Trinajstić information content (AvgIpc) is 2.74. The maximum atomic E-state index is 12.2. The van der Waals surface area contributed by atoms with Gasteiger partial charge in [0, 0.05) is 0 Å². The van der Waals surface area contributed by atoms with Crippen LogP contribution in [0.25, 0.3) is 0 Å². The molecule has 0 N–H and O–H groups in total. The molecule has 0 bridgehead atoms. The molecule has 10 heteroatoms. The molecule has 0 radical (unpaired) electrons.